The fourth-order valence-corrected chi connectivity index (χ4v) is 4.19. The standard InChI is InChI=1S/C26H32N6O.HI/c1-20-12-15-32(30-20)24-11-7-6-10-23(24)18-29-26(27-2)28-17-22-16-25(33)31(19-22)14-13-21-8-4-3-5-9-21;/h3-12,15,22H,13-14,16-19H2,1-2H3,(H2,27,28,29);1H. The van der Waals surface area contributed by atoms with Crippen molar-refractivity contribution in [2.45, 2.75) is 26.3 Å². The van der Waals surface area contributed by atoms with Gasteiger partial charge in [0, 0.05) is 51.8 Å². The summed E-state index contributed by atoms with van der Waals surface area (Å²) in [6.45, 7) is 4.89. The molecule has 1 saturated heterocycles. The number of carbonyl (C=O) groups excluding carboxylic acids is 1. The van der Waals surface area contributed by atoms with Crippen molar-refractivity contribution in [3.05, 3.63) is 83.7 Å². The second-order valence-electron chi connectivity index (χ2n) is 8.48. The van der Waals surface area contributed by atoms with Gasteiger partial charge in [0.2, 0.25) is 5.91 Å². The van der Waals surface area contributed by atoms with Crippen molar-refractivity contribution in [2.75, 3.05) is 26.7 Å². The quantitative estimate of drug-likeness (QED) is 0.246. The van der Waals surface area contributed by atoms with E-state index in [0.29, 0.717) is 19.5 Å². The van der Waals surface area contributed by atoms with Gasteiger partial charge in [0.05, 0.1) is 11.4 Å². The van der Waals surface area contributed by atoms with E-state index in [1.54, 1.807) is 7.05 Å². The molecule has 180 valence electrons. The molecule has 2 N–H and O–H groups in total. The SMILES string of the molecule is CN=C(NCc1ccccc1-n1ccc(C)n1)NCC1CC(=O)N(CCc2ccccc2)C1.I. The van der Waals surface area contributed by atoms with Crippen LogP contribution in [0.1, 0.15) is 23.2 Å². The van der Waals surface area contributed by atoms with Crippen LogP contribution in [0.15, 0.2) is 71.9 Å². The predicted octanol–water partition coefficient (Wildman–Crippen LogP) is 3.55. The van der Waals surface area contributed by atoms with Crippen LogP contribution in [0.4, 0.5) is 0 Å². The molecule has 0 radical (unpaired) electrons. The molecule has 2 aromatic carbocycles. The molecular formula is C26H33IN6O. The van der Waals surface area contributed by atoms with Gasteiger partial charge in [-0.1, -0.05) is 48.5 Å². The monoisotopic (exact) mass is 572 g/mol. The smallest absolute Gasteiger partial charge is 0.223 e. The van der Waals surface area contributed by atoms with Gasteiger partial charge in [-0.3, -0.25) is 9.79 Å². The van der Waals surface area contributed by atoms with E-state index in [4.69, 9.17) is 0 Å². The molecule has 1 unspecified atom stereocenters. The number of halogens is 1. The van der Waals surface area contributed by atoms with Crippen LogP contribution in [0, 0.1) is 12.8 Å². The number of aryl methyl sites for hydroxylation is 1. The molecule has 0 aliphatic carbocycles. The first-order valence-corrected chi connectivity index (χ1v) is 11.5. The summed E-state index contributed by atoms with van der Waals surface area (Å²) in [4.78, 5) is 18.8. The van der Waals surface area contributed by atoms with Crippen LogP contribution in [-0.2, 0) is 17.8 Å². The molecule has 4 rings (SSSR count). The van der Waals surface area contributed by atoms with Gasteiger partial charge in [-0.05, 0) is 36.6 Å². The lowest BCUT2D eigenvalue weighted by atomic mass is 10.1. The summed E-state index contributed by atoms with van der Waals surface area (Å²) in [5.74, 6) is 1.26. The maximum Gasteiger partial charge on any atom is 0.223 e. The van der Waals surface area contributed by atoms with Crippen molar-refractivity contribution in [2.24, 2.45) is 10.9 Å². The summed E-state index contributed by atoms with van der Waals surface area (Å²) in [7, 11) is 1.77. The Balaban J connectivity index is 0.00000324. The Morgan fingerprint density at radius 1 is 1.09 bits per heavy atom. The van der Waals surface area contributed by atoms with Crippen LogP contribution in [0.5, 0.6) is 0 Å². The molecule has 0 bridgehead atoms. The van der Waals surface area contributed by atoms with Crippen molar-refractivity contribution in [1.29, 1.82) is 0 Å². The largest absolute Gasteiger partial charge is 0.356 e. The number of guanidine groups is 1. The third-order valence-corrected chi connectivity index (χ3v) is 6.00. The molecule has 1 aromatic heterocycles. The number of carbonyl (C=O) groups is 1. The summed E-state index contributed by atoms with van der Waals surface area (Å²) in [5, 5.41) is 11.3. The third-order valence-electron chi connectivity index (χ3n) is 6.00. The molecule has 0 saturated carbocycles. The number of benzene rings is 2. The van der Waals surface area contributed by atoms with Crippen LogP contribution in [-0.4, -0.2) is 53.2 Å². The van der Waals surface area contributed by atoms with E-state index in [0.717, 1.165) is 42.4 Å². The zero-order chi connectivity index (χ0) is 23.0. The first-order chi connectivity index (χ1) is 16.1. The minimum absolute atomic E-state index is 0. The molecule has 1 fully saturated rings. The highest BCUT2D eigenvalue weighted by molar-refractivity contribution is 14.0. The first kappa shape index (κ1) is 25.7. The van der Waals surface area contributed by atoms with Crippen LogP contribution < -0.4 is 10.6 Å². The summed E-state index contributed by atoms with van der Waals surface area (Å²) in [5.41, 5.74) is 4.43. The highest BCUT2D eigenvalue weighted by Gasteiger charge is 2.29. The van der Waals surface area contributed by atoms with E-state index in [1.807, 2.05) is 59.1 Å². The second kappa shape index (κ2) is 12.5. The summed E-state index contributed by atoms with van der Waals surface area (Å²) >= 11 is 0. The van der Waals surface area contributed by atoms with Gasteiger partial charge in [-0.15, -0.1) is 24.0 Å². The van der Waals surface area contributed by atoms with Gasteiger partial charge in [0.15, 0.2) is 5.96 Å². The Bertz CT molecular complexity index is 1100. The lowest BCUT2D eigenvalue weighted by Crippen LogP contribution is -2.40. The Labute approximate surface area is 218 Å². The van der Waals surface area contributed by atoms with Gasteiger partial charge in [0.25, 0.3) is 0 Å². The average Bonchev–Trinajstić information content (AvgIpc) is 3.43. The maximum absolute atomic E-state index is 12.4. The molecule has 7 nitrogen and oxygen atoms in total. The lowest BCUT2D eigenvalue weighted by molar-refractivity contribution is -0.127. The number of likely N-dealkylation sites (tertiary alicyclic amines) is 1. The van der Waals surface area contributed by atoms with Crippen LogP contribution in [0.3, 0.4) is 0 Å². The van der Waals surface area contributed by atoms with Crippen LogP contribution >= 0.6 is 24.0 Å². The zero-order valence-electron chi connectivity index (χ0n) is 19.8. The van der Waals surface area contributed by atoms with Crippen molar-refractivity contribution < 1.29 is 4.79 Å². The zero-order valence-corrected chi connectivity index (χ0v) is 22.1. The number of hydrogen-bond acceptors (Lipinski definition) is 3. The van der Waals surface area contributed by atoms with E-state index >= 15 is 0 Å². The third kappa shape index (κ3) is 6.82. The predicted molar refractivity (Wildman–Crippen MR) is 147 cm³/mol. The van der Waals surface area contributed by atoms with Gasteiger partial charge < -0.3 is 15.5 Å². The molecule has 0 spiro atoms. The molecule has 8 heteroatoms. The first-order valence-electron chi connectivity index (χ1n) is 11.5. The highest BCUT2D eigenvalue weighted by atomic mass is 127. The molecule has 34 heavy (non-hydrogen) atoms. The molecule has 1 amide bonds. The number of rotatable bonds is 8. The van der Waals surface area contributed by atoms with E-state index < -0.39 is 0 Å². The lowest BCUT2D eigenvalue weighted by Gasteiger charge is -2.18. The number of para-hydroxylation sites is 1. The number of amides is 1. The Hall–Kier alpha value is -2.88. The number of nitrogens with zero attached hydrogens (tertiary/aromatic N) is 4. The number of aromatic nitrogens is 2. The van der Waals surface area contributed by atoms with Crippen LogP contribution in [0.2, 0.25) is 0 Å². The minimum atomic E-state index is 0. The van der Waals surface area contributed by atoms with E-state index in [2.05, 4.69) is 45.0 Å². The topological polar surface area (TPSA) is 74.5 Å². The van der Waals surface area contributed by atoms with Gasteiger partial charge in [-0.25, -0.2) is 4.68 Å². The number of hydrogen-bond donors (Lipinski definition) is 2. The highest BCUT2D eigenvalue weighted by Crippen LogP contribution is 2.18. The maximum atomic E-state index is 12.4. The van der Waals surface area contributed by atoms with Crippen molar-refractivity contribution in [3.8, 4) is 5.69 Å². The fourth-order valence-electron chi connectivity index (χ4n) is 4.19. The Morgan fingerprint density at radius 3 is 2.59 bits per heavy atom. The summed E-state index contributed by atoms with van der Waals surface area (Å²) in [6.07, 6.45) is 3.45. The normalized spacial score (nSPS) is 15.8. The van der Waals surface area contributed by atoms with E-state index in [9.17, 15) is 4.79 Å². The molecule has 1 atom stereocenters. The Kier molecular flexibility index (Phi) is 9.50. The fraction of sp³-hybridized carbons (Fsp3) is 0.346. The van der Waals surface area contributed by atoms with Gasteiger partial charge in [0.1, 0.15) is 0 Å². The second-order valence-corrected chi connectivity index (χ2v) is 8.48. The van der Waals surface area contributed by atoms with Gasteiger partial charge in [-0.2, -0.15) is 5.10 Å². The average molecular weight is 572 g/mol. The Morgan fingerprint density at radius 2 is 1.85 bits per heavy atom. The van der Waals surface area contributed by atoms with Crippen molar-refractivity contribution >= 4 is 35.8 Å². The number of nitrogens with one attached hydrogen (secondary N) is 2. The minimum Gasteiger partial charge on any atom is -0.356 e. The van der Waals surface area contributed by atoms with Gasteiger partial charge >= 0.3 is 0 Å². The van der Waals surface area contributed by atoms with Crippen molar-refractivity contribution in [3.63, 3.8) is 0 Å². The molecule has 3 aromatic rings. The summed E-state index contributed by atoms with van der Waals surface area (Å²) in [6, 6.07) is 20.5. The van der Waals surface area contributed by atoms with E-state index in [1.165, 1.54) is 5.56 Å². The van der Waals surface area contributed by atoms with Crippen molar-refractivity contribution in [1.82, 2.24) is 25.3 Å². The summed E-state index contributed by atoms with van der Waals surface area (Å²) < 4.78 is 1.90. The molecule has 2 heterocycles. The molecule has 1 aliphatic heterocycles. The van der Waals surface area contributed by atoms with Crippen LogP contribution in [0.25, 0.3) is 5.69 Å². The molecule has 1 aliphatic rings. The number of aliphatic imine (C=N–C) groups is 1. The molecular weight excluding hydrogens is 539 g/mol. The van der Waals surface area contributed by atoms with E-state index in [-0.39, 0.29) is 35.8 Å².